The van der Waals surface area contributed by atoms with E-state index in [1.54, 1.807) is 10.7 Å². The molecule has 19 heavy (non-hydrogen) atoms. The highest BCUT2D eigenvalue weighted by atomic mass is 35.5. The number of carbonyl (C=O) groups excluding carboxylic acids is 1. The first-order valence-electron chi connectivity index (χ1n) is 6.22. The number of carbonyl (C=O) groups is 1. The van der Waals surface area contributed by atoms with Gasteiger partial charge in [-0.1, -0.05) is 11.6 Å². The molecule has 0 saturated carbocycles. The van der Waals surface area contributed by atoms with Crippen molar-refractivity contribution >= 4 is 17.9 Å². The molecule has 0 saturated heterocycles. The van der Waals surface area contributed by atoms with Gasteiger partial charge in [0.25, 0.3) is 0 Å². The van der Waals surface area contributed by atoms with Gasteiger partial charge in [0.2, 0.25) is 0 Å². The van der Waals surface area contributed by atoms with Gasteiger partial charge in [0.1, 0.15) is 17.8 Å². The number of aromatic nitrogens is 4. The minimum Gasteiger partial charge on any atom is -0.303 e. The van der Waals surface area contributed by atoms with Crippen molar-refractivity contribution in [3.63, 3.8) is 0 Å². The van der Waals surface area contributed by atoms with Crippen LogP contribution in [0.1, 0.15) is 35.7 Å². The number of hydrogen-bond donors (Lipinski definition) is 0. The molecule has 0 fully saturated rings. The zero-order valence-corrected chi connectivity index (χ0v) is 11.3. The second-order valence-electron chi connectivity index (χ2n) is 4.69. The van der Waals surface area contributed by atoms with Crippen LogP contribution in [0, 0.1) is 6.92 Å². The summed E-state index contributed by atoms with van der Waals surface area (Å²) < 4.78 is 1.79. The van der Waals surface area contributed by atoms with E-state index in [0.717, 1.165) is 42.5 Å². The smallest absolute Gasteiger partial charge is 0.158 e. The summed E-state index contributed by atoms with van der Waals surface area (Å²) in [5.74, 6) is 0.603. The molecule has 1 aliphatic rings. The van der Waals surface area contributed by atoms with E-state index in [9.17, 15) is 4.79 Å². The summed E-state index contributed by atoms with van der Waals surface area (Å²) in [5, 5.41) is 4.89. The molecule has 0 aliphatic heterocycles. The van der Waals surface area contributed by atoms with Crippen LogP contribution >= 0.6 is 11.6 Å². The van der Waals surface area contributed by atoms with Crippen molar-refractivity contribution < 1.29 is 4.79 Å². The Morgan fingerprint density at radius 2 is 2.32 bits per heavy atom. The largest absolute Gasteiger partial charge is 0.303 e. The molecule has 0 amide bonds. The molecule has 0 aromatic carbocycles. The predicted octanol–water partition coefficient (Wildman–Crippen LogP) is 2.24. The van der Waals surface area contributed by atoms with Gasteiger partial charge in [-0.25, -0.2) is 14.6 Å². The molecule has 0 bridgehead atoms. The molecular formula is C13H13ClN4O. The lowest BCUT2D eigenvalue weighted by atomic mass is 9.86. The Balaban J connectivity index is 2.16. The maximum absolute atomic E-state index is 11.2. The SMILES string of the molecule is Cc1nn(-c2cc(Cl)ncn2)c2c1C(C=O)CCC2. The van der Waals surface area contributed by atoms with Crippen LogP contribution in [-0.2, 0) is 11.2 Å². The van der Waals surface area contributed by atoms with Crippen LogP contribution in [0.15, 0.2) is 12.4 Å². The molecule has 0 spiro atoms. The van der Waals surface area contributed by atoms with Crippen molar-refractivity contribution in [3.8, 4) is 5.82 Å². The third-order valence-electron chi connectivity index (χ3n) is 3.51. The molecule has 2 aromatic heterocycles. The second-order valence-corrected chi connectivity index (χ2v) is 5.08. The first-order valence-corrected chi connectivity index (χ1v) is 6.60. The second kappa shape index (κ2) is 4.74. The maximum Gasteiger partial charge on any atom is 0.158 e. The molecule has 2 aromatic rings. The zero-order chi connectivity index (χ0) is 13.4. The van der Waals surface area contributed by atoms with Crippen LogP contribution in [0.4, 0.5) is 0 Å². The van der Waals surface area contributed by atoms with E-state index in [1.807, 2.05) is 6.92 Å². The average molecular weight is 277 g/mol. The molecule has 1 atom stereocenters. The van der Waals surface area contributed by atoms with E-state index in [1.165, 1.54) is 6.33 Å². The zero-order valence-electron chi connectivity index (χ0n) is 10.5. The molecule has 98 valence electrons. The van der Waals surface area contributed by atoms with Crippen molar-refractivity contribution in [2.75, 3.05) is 0 Å². The van der Waals surface area contributed by atoms with Gasteiger partial charge in [-0.2, -0.15) is 5.10 Å². The Hall–Kier alpha value is -1.75. The summed E-state index contributed by atoms with van der Waals surface area (Å²) >= 11 is 5.89. The minimum absolute atomic E-state index is 0.0465. The Morgan fingerprint density at radius 3 is 3.05 bits per heavy atom. The topological polar surface area (TPSA) is 60.7 Å². The summed E-state index contributed by atoms with van der Waals surface area (Å²) in [6.07, 6.45) is 5.22. The molecule has 1 unspecified atom stereocenters. The fourth-order valence-corrected chi connectivity index (χ4v) is 2.85. The van der Waals surface area contributed by atoms with E-state index in [0.29, 0.717) is 11.0 Å². The molecule has 2 heterocycles. The lowest BCUT2D eigenvalue weighted by Crippen LogP contribution is -2.13. The van der Waals surface area contributed by atoms with Gasteiger partial charge < -0.3 is 4.79 Å². The third kappa shape index (κ3) is 2.04. The molecule has 0 N–H and O–H groups in total. The fourth-order valence-electron chi connectivity index (χ4n) is 2.71. The minimum atomic E-state index is -0.0465. The van der Waals surface area contributed by atoms with Crippen LogP contribution < -0.4 is 0 Å². The highest BCUT2D eigenvalue weighted by Gasteiger charge is 2.27. The van der Waals surface area contributed by atoms with E-state index in [2.05, 4.69) is 15.1 Å². The first-order chi connectivity index (χ1) is 9.20. The Bertz CT molecular complexity index is 638. The van der Waals surface area contributed by atoms with Crippen molar-refractivity contribution in [1.29, 1.82) is 0 Å². The van der Waals surface area contributed by atoms with E-state index < -0.39 is 0 Å². The van der Waals surface area contributed by atoms with Crippen molar-refractivity contribution in [2.24, 2.45) is 0 Å². The third-order valence-corrected chi connectivity index (χ3v) is 3.71. The summed E-state index contributed by atoms with van der Waals surface area (Å²) in [5.41, 5.74) is 3.01. The van der Waals surface area contributed by atoms with Crippen LogP contribution in [0.5, 0.6) is 0 Å². The van der Waals surface area contributed by atoms with Gasteiger partial charge in [0, 0.05) is 17.5 Å². The number of aryl methyl sites for hydroxylation is 1. The fraction of sp³-hybridized carbons (Fsp3) is 0.385. The van der Waals surface area contributed by atoms with Crippen LogP contribution in [-0.4, -0.2) is 26.0 Å². The van der Waals surface area contributed by atoms with Crippen LogP contribution in [0.3, 0.4) is 0 Å². The van der Waals surface area contributed by atoms with Crippen molar-refractivity contribution in [3.05, 3.63) is 34.5 Å². The number of fused-ring (bicyclic) bond motifs is 1. The maximum atomic E-state index is 11.2. The number of aldehydes is 1. The van der Waals surface area contributed by atoms with Gasteiger partial charge in [-0.3, -0.25) is 0 Å². The Kier molecular flexibility index (Phi) is 3.06. The highest BCUT2D eigenvalue weighted by Crippen LogP contribution is 2.33. The molecule has 6 heteroatoms. The number of hydrogen-bond acceptors (Lipinski definition) is 4. The standard InChI is InChI=1S/C13H13ClN4O/c1-8-13-9(6-19)3-2-4-10(13)18(17-8)12-5-11(14)15-7-16-12/h5-7,9H,2-4H2,1H3. The molecule has 0 radical (unpaired) electrons. The average Bonchev–Trinajstić information content (AvgIpc) is 2.76. The lowest BCUT2D eigenvalue weighted by molar-refractivity contribution is -0.109. The Morgan fingerprint density at radius 1 is 1.47 bits per heavy atom. The van der Waals surface area contributed by atoms with Crippen molar-refractivity contribution in [1.82, 2.24) is 19.7 Å². The summed E-state index contributed by atoms with van der Waals surface area (Å²) in [6, 6.07) is 1.68. The normalized spacial score (nSPS) is 18.1. The summed E-state index contributed by atoms with van der Waals surface area (Å²) in [6.45, 7) is 1.93. The first kappa shape index (κ1) is 12.3. The Labute approximate surface area is 115 Å². The number of halogens is 1. The highest BCUT2D eigenvalue weighted by molar-refractivity contribution is 6.29. The van der Waals surface area contributed by atoms with Gasteiger partial charge in [0.05, 0.1) is 11.4 Å². The van der Waals surface area contributed by atoms with Gasteiger partial charge in [-0.15, -0.1) is 0 Å². The van der Waals surface area contributed by atoms with Gasteiger partial charge >= 0.3 is 0 Å². The predicted molar refractivity (Wildman–Crippen MR) is 70.6 cm³/mol. The van der Waals surface area contributed by atoms with Gasteiger partial charge in [0.15, 0.2) is 5.82 Å². The van der Waals surface area contributed by atoms with Gasteiger partial charge in [-0.05, 0) is 26.2 Å². The van der Waals surface area contributed by atoms with E-state index in [-0.39, 0.29) is 5.92 Å². The van der Waals surface area contributed by atoms with E-state index in [4.69, 9.17) is 11.6 Å². The quantitative estimate of drug-likeness (QED) is 0.623. The lowest BCUT2D eigenvalue weighted by Gasteiger charge is -2.18. The monoisotopic (exact) mass is 276 g/mol. The molecular weight excluding hydrogens is 264 g/mol. The summed E-state index contributed by atoms with van der Waals surface area (Å²) in [7, 11) is 0. The number of rotatable bonds is 2. The molecule has 1 aliphatic carbocycles. The number of nitrogens with zero attached hydrogens (tertiary/aromatic N) is 4. The van der Waals surface area contributed by atoms with Crippen LogP contribution in [0.25, 0.3) is 5.82 Å². The van der Waals surface area contributed by atoms with Crippen molar-refractivity contribution in [2.45, 2.75) is 32.1 Å². The molecule has 5 nitrogen and oxygen atoms in total. The summed E-state index contributed by atoms with van der Waals surface area (Å²) in [4.78, 5) is 19.3. The van der Waals surface area contributed by atoms with Crippen LogP contribution in [0.2, 0.25) is 5.15 Å². The molecule has 3 rings (SSSR count). The van der Waals surface area contributed by atoms with E-state index >= 15 is 0 Å².